The minimum atomic E-state index is -1.01. The fourth-order valence-electron chi connectivity index (χ4n) is 2.34. The van der Waals surface area contributed by atoms with Gasteiger partial charge in [-0.3, -0.25) is 4.57 Å². The lowest BCUT2D eigenvalue weighted by Crippen LogP contribution is -2.04. The molecule has 0 radical (unpaired) electrons. The molecule has 3 aromatic rings. The molecule has 0 fully saturated rings. The Morgan fingerprint density at radius 3 is 2.32 bits per heavy atom. The second-order valence-corrected chi connectivity index (χ2v) is 4.25. The van der Waals surface area contributed by atoms with Gasteiger partial charge < -0.3 is 10.8 Å². The van der Waals surface area contributed by atoms with Gasteiger partial charge in [-0.2, -0.15) is 0 Å². The van der Waals surface area contributed by atoms with Crippen LogP contribution in [0, 0.1) is 0 Å². The predicted molar refractivity (Wildman–Crippen MR) is 74.6 cm³/mol. The molecule has 19 heavy (non-hydrogen) atoms. The van der Waals surface area contributed by atoms with Gasteiger partial charge in [-0.25, -0.2) is 4.79 Å². The third kappa shape index (κ3) is 1.65. The van der Waals surface area contributed by atoms with Crippen LogP contribution in [0.25, 0.3) is 16.6 Å². The highest BCUT2D eigenvalue weighted by Gasteiger charge is 2.20. The fraction of sp³-hybridized carbons (Fsp3) is 0. The third-order valence-electron chi connectivity index (χ3n) is 3.14. The van der Waals surface area contributed by atoms with Gasteiger partial charge in [0.2, 0.25) is 0 Å². The number of carbonyl (C=O) groups is 1. The number of para-hydroxylation sites is 2. The predicted octanol–water partition coefficient (Wildman–Crippen LogP) is 2.91. The first kappa shape index (κ1) is 11.3. The summed E-state index contributed by atoms with van der Waals surface area (Å²) < 4.78 is 1.76. The summed E-state index contributed by atoms with van der Waals surface area (Å²) in [6, 6.07) is 16.8. The molecular formula is C15H12N2O2. The van der Waals surface area contributed by atoms with E-state index >= 15 is 0 Å². The zero-order chi connectivity index (χ0) is 13.4. The molecule has 0 aliphatic rings. The van der Waals surface area contributed by atoms with E-state index in [-0.39, 0.29) is 11.4 Å². The van der Waals surface area contributed by atoms with Crippen LogP contribution in [0.15, 0.2) is 54.6 Å². The van der Waals surface area contributed by atoms with Gasteiger partial charge in [-0.15, -0.1) is 0 Å². The van der Waals surface area contributed by atoms with Crippen molar-refractivity contribution in [1.29, 1.82) is 0 Å². The van der Waals surface area contributed by atoms with Crippen molar-refractivity contribution in [3.8, 4) is 5.69 Å². The van der Waals surface area contributed by atoms with E-state index in [0.717, 1.165) is 11.2 Å². The van der Waals surface area contributed by atoms with Crippen LogP contribution in [0.5, 0.6) is 0 Å². The maximum atomic E-state index is 11.4. The van der Waals surface area contributed by atoms with Crippen LogP contribution < -0.4 is 5.73 Å². The quantitative estimate of drug-likeness (QED) is 0.736. The summed E-state index contributed by atoms with van der Waals surface area (Å²) in [5, 5.41) is 9.98. The smallest absolute Gasteiger partial charge is 0.340 e. The summed E-state index contributed by atoms with van der Waals surface area (Å²) in [7, 11) is 0. The number of hydrogen-bond donors (Lipinski definition) is 2. The number of carboxylic acids is 1. The van der Waals surface area contributed by atoms with Crippen molar-refractivity contribution in [2.24, 2.45) is 0 Å². The van der Waals surface area contributed by atoms with Gasteiger partial charge in [0.05, 0.1) is 5.52 Å². The minimum absolute atomic E-state index is 0.152. The van der Waals surface area contributed by atoms with E-state index in [2.05, 4.69) is 0 Å². The van der Waals surface area contributed by atoms with Crippen LogP contribution in [0.4, 0.5) is 5.82 Å². The van der Waals surface area contributed by atoms with Gasteiger partial charge in [0.1, 0.15) is 11.4 Å². The van der Waals surface area contributed by atoms with Crippen LogP contribution >= 0.6 is 0 Å². The molecule has 4 heteroatoms. The van der Waals surface area contributed by atoms with Gasteiger partial charge >= 0.3 is 5.97 Å². The molecule has 0 unspecified atom stereocenters. The van der Waals surface area contributed by atoms with Crippen molar-refractivity contribution < 1.29 is 9.90 Å². The molecule has 94 valence electrons. The Hall–Kier alpha value is -2.75. The number of nitrogens with two attached hydrogens (primary N) is 1. The topological polar surface area (TPSA) is 68.2 Å². The number of nitrogens with zero attached hydrogens (tertiary/aromatic N) is 1. The highest BCUT2D eigenvalue weighted by molar-refractivity contribution is 6.09. The molecule has 0 saturated heterocycles. The maximum absolute atomic E-state index is 11.4. The molecular weight excluding hydrogens is 240 g/mol. The molecule has 2 aromatic carbocycles. The number of benzene rings is 2. The van der Waals surface area contributed by atoms with Crippen molar-refractivity contribution in [3.63, 3.8) is 0 Å². The van der Waals surface area contributed by atoms with Crippen molar-refractivity contribution >= 4 is 22.7 Å². The summed E-state index contributed by atoms with van der Waals surface area (Å²) in [5.74, 6) is -0.761. The Morgan fingerprint density at radius 2 is 1.63 bits per heavy atom. The standard InChI is InChI=1S/C15H12N2O2/c16-14-13(15(18)19)11-8-4-5-9-12(11)17(14)10-6-2-1-3-7-10/h1-9H,16H2,(H,18,19). The third-order valence-corrected chi connectivity index (χ3v) is 3.14. The molecule has 1 aromatic heterocycles. The molecule has 4 nitrogen and oxygen atoms in total. The van der Waals surface area contributed by atoms with Crippen LogP contribution in [0.3, 0.4) is 0 Å². The zero-order valence-corrected chi connectivity index (χ0v) is 10.1. The van der Waals surface area contributed by atoms with E-state index in [1.165, 1.54) is 0 Å². The van der Waals surface area contributed by atoms with E-state index in [1.807, 2.05) is 48.5 Å². The number of rotatable bonds is 2. The largest absolute Gasteiger partial charge is 0.478 e. The lowest BCUT2D eigenvalue weighted by molar-refractivity contribution is 0.0700. The second kappa shape index (κ2) is 4.17. The van der Waals surface area contributed by atoms with Gasteiger partial charge in [-0.1, -0.05) is 36.4 Å². The Labute approximate surface area is 109 Å². The minimum Gasteiger partial charge on any atom is -0.478 e. The van der Waals surface area contributed by atoms with Gasteiger partial charge in [0.15, 0.2) is 0 Å². The summed E-state index contributed by atoms with van der Waals surface area (Å²) in [6.07, 6.45) is 0. The molecule has 0 spiro atoms. The molecule has 0 saturated carbocycles. The zero-order valence-electron chi connectivity index (χ0n) is 10.1. The Morgan fingerprint density at radius 1 is 1.00 bits per heavy atom. The highest BCUT2D eigenvalue weighted by atomic mass is 16.4. The first-order valence-corrected chi connectivity index (χ1v) is 5.88. The number of hydrogen-bond acceptors (Lipinski definition) is 2. The average molecular weight is 252 g/mol. The number of fused-ring (bicyclic) bond motifs is 1. The summed E-state index contributed by atoms with van der Waals surface area (Å²) in [6.45, 7) is 0. The molecule has 0 amide bonds. The molecule has 0 aliphatic heterocycles. The Balaban J connectivity index is 2.43. The van der Waals surface area contributed by atoms with E-state index in [1.54, 1.807) is 10.6 Å². The van der Waals surface area contributed by atoms with Crippen molar-refractivity contribution in [3.05, 3.63) is 60.2 Å². The summed E-state index contributed by atoms with van der Waals surface area (Å²) in [5.41, 5.74) is 7.83. The van der Waals surface area contributed by atoms with Gasteiger partial charge in [0, 0.05) is 11.1 Å². The first-order valence-electron chi connectivity index (χ1n) is 5.88. The number of aromatic nitrogens is 1. The van der Waals surface area contributed by atoms with Crippen molar-refractivity contribution in [1.82, 2.24) is 4.57 Å². The number of carboxylic acid groups (broad SMARTS) is 1. The number of nitrogen functional groups attached to an aromatic ring is 1. The van der Waals surface area contributed by atoms with Crippen molar-refractivity contribution in [2.45, 2.75) is 0 Å². The van der Waals surface area contributed by atoms with Gasteiger partial charge in [0.25, 0.3) is 0 Å². The molecule has 3 N–H and O–H groups in total. The first-order chi connectivity index (χ1) is 9.20. The maximum Gasteiger partial charge on any atom is 0.340 e. The fourth-order valence-corrected chi connectivity index (χ4v) is 2.34. The van der Waals surface area contributed by atoms with Crippen LogP contribution in [-0.4, -0.2) is 15.6 Å². The van der Waals surface area contributed by atoms with E-state index in [0.29, 0.717) is 5.39 Å². The molecule has 1 heterocycles. The Bertz CT molecular complexity index is 760. The van der Waals surface area contributed by atoms with Crippen LogP contribution in [-0.2, 0) is 0 Å². The number of aromatic carboxylic acids is 1. The summed E-state index contributed by atoms with van der Waals surface area (Å²) >= 11 is 0. The summed E-state index contributed by atoms with van der Waals surface area (Å²) in [4.78, 5) is 11.4. The highest BCUT2D eigenvalue weighted by Crippen LogP contribution is 2.31. The molecule has 0 atom stereocenters. The molecule has 0 aliphatic carbocycles. The normalized spacial score (nSPS) is 10.7. The van der Waals surface area contributed by atoms with Crippen LogP contribution in [0.2, 0.25) is 0 Å². The van der Waals surface area contributed by atoms with E-state index < -0.39 is 5.97 Å². The monoisotopic (exact) mass is 252 g/mol. The molecule has 3 rings (SSSR count). The molecule has 0 bridgehead atoms. The van der Waals surface area contributed by atoms with Crippen LogP contribution in [0.1, 0.15) is 10.4 Å². The lowest BCUT2D eigenvalue weighted by atomic mass is 10.2. The number of anilines is 1. The lowest BCUT2D eigenvalue weighted by Gasteiger charge is -2.07. The van der Waals surface area contributed by atoms with Gasteiger partial charge in [-0.05, 0) is 18.2 Å². The van der Waals surface area contributed by atoms with E-state index in [9.17, 15) is 9.90 Å². The van der Waals surface area contributed by atoms with Crippen molar-refractivity contribution in [2.75, 3.05) is 5.73 Å². The second-order valence-electron chi connectivity index (χ2n) is 4.25. The SMILES string of the molecule is Nc1c(C(=O)O)c2ccccc2n1-c1ccccc1. The Kier molecular flexibility index (Phi) is 2.49. The van der Waals surface area contributed by atoms with E-state index in [4.69, 9.17) is 5.73 Å². The average Bonchev–Trinajstić information content (AvgIpc) is 2.71.